The topological polar surface area (TPSA) is 37.3 Å². The molecule has 0 amide bonds. The maximum Gasteiger partial charge on any atom is 0.162 e. The van der Waals surface area contributed by atoms with Gasteiger partial charge in [0.1, 0.15) is 10.5 Å². The van der Waals surface area contributed by atoms with E-state index in [9.17, 15) is 0 Å². The summed E-state index contributed by atoms with van der Waals surface area (Å²) in [6.45, 7) is 4.02. The summed E-state index contributed by atoms with van der Waals surface area (Å²) in [5.41, 5.74) is 0.787. The van der Waals surface area contributed by atoms with Gasteiger partial charge >= 0.3 is 0 Å². The smallest absolute Gasteiger partial charge is 0.162 e. The van der Waals surface area contributed by atoms with Crippen LogP contribution < -0.4 is 5.32 Å². The number of hydrogen-bond donors (Lipinski definition) is 1. The summed E-state index contributed by atoms with van der Waals surface area (Å²) < 4.78 is 0. The number of aromatic nitrogens is 1. The minimum Gasteiger partial charge on any atom is -0.327 e. The fraction of sp³-hybridized carbons (Fsp3) is 0.364. The highest BCUT2D eigenvalue weighted by Crippen LogP contribution is 2.22. The zero-order valence-electron chi connectivity index (χ0n) is 9.23. The highest BCUT2D eigenvalue weighted by Gasteiger charge is 2.30. The van der Waals surface area contributed by atoms with Crippen molar-refractivity contribution in [2.45, 2.75) is 25.1 Å². The Morgan fingerprint density at radius 2 is 2.25 bits per heavy atom. The van der Waals surface area contributed by atoms with Crippen molar-refractivity contribution in [2.75, 3.05) is 0 Å². The minimum absolute atomic E-state index is 0.262. The first-order chi connectivity index (χ1) is 7.58. The molecule has 2 heterocycles. The predicted octanol–water partition coefficient (Wildman–Crippen LogP) is 2.38. The molecule has 0 bridgehead atoms. The molecule has 1 aromatic rings. The van der Waals surface area contributed by atoms with Gasteiger partial charge in [0, 0.05) is 11.9 Å². The molecule has 1 aliphatic rings. The number of pyridine rings is 1. The molecule has 1 aliphatic heterocycles. The number of rotatable bonds is 2. The number of aliphatic imine (C=N–C) groups is 1. The maximum absolute atomic E-state index is 5.21. The van der Waals surface area contributed by atoms with Gasteiger partial charge in [0.15, 0.2) is 5.17 Å². The van der Waals surface area contributed by atoms with Gasteiger partial charge < -0.3 is 5.32 Å². The van der Waals surface area contributed by atoms with Crippen LogP contribution in [0.4, 0.5) is 0 Å². The van der Waals surface area contributed by atoms with E-state index < -0.39 is 0 Å². The van der Waals surface area contributed by atoms with E-state index in [1.165, 1.54) is 0 Å². The maximum atomic E-state index is 5.21. The van der Waals surface area contributed by atoms with Crippen molar-refractivity contribution >= 4 is 34.1 Å². The fourth-order valence-electron chi connectivity index (χ4n) is 1.28. The summed E-state index contributed by atoms with van der Waals surface area (Å²) in [4.78, 5) is 9.56. The summed E-state index contributed by atoms with van der Waals surface area (Å²) in [6, 6.07) is 5.91. The SMILES string of the molecule is CC1(C)N=C(SCc2ccccn2)NC1=S. The molecule has 0 fully saturated rings. The lowest BCUT2D eigenvalue weighted by Crippen LogP contribution is -2.32. The van der Waals surface area contributed by atoms with E-state index in [0.717, 1.165) is 21.6 Å². The molecule has 0 aromatic carbocycles. The predicted molar refractivity (Wildman–Crippen MR) is 72.8 cm³/mol. The van der Waals surface area contributed by atoms with Crippen molar-refractivity contribution in [2.24, 2.45) is 4.99 Å². The van der Waals surface area contributed by atoms with Gasteiger partial charge in [-0.2, -0.15) is 0 Å². The molecule has 3 nitrogen and oxygen atoms in total. The molecule has 1 N–H and O–H groups in total. The molecular formula is C11H13N3S2. The number of thioether (sulfide) groups is 1. The van der Waals surface area contributed by atoms with Gasteiger partial charge in [-0.3, -0.25) is 4.98 Å². The lowest BCUT2D eigenvalue weighted by molar-refractivity contribution is 0.723. The van der Waals surface area contributed by atoms with Crippen molar-refractivity contribution in [3.05, 3.63) is 30.1 Å². The first kappa shape index (κ1) is 11.5. The van der Waals surface area contributed by atoms with Gasteiger partial charge in [-0.25, -0.2) is 4.99 Å². The van der Waals surface area contributed by atoms with Crippen LogP contribution in [-0.2, 0) is 5.75 Å². The first-order valence-electron chi connectivity index (χ1n) is 5.02. The van der Waals surface area contributed by atoms with Crippen LogP contribution in [0.15, 0.2) is 29.4 Å². The van der Waals surface area contributed by atoms with Gasteiger partial charge in [-0.15, -0.1) is 0 Å². The third kappa shape index (κ3) is 2.59. The molecule has 0 radical (unpaired) electrons. The molecule has 0 saturated carbocycles. The molecular weight excluding hydrogens is 238 g/mol. The Morgan fingerprint density at radius 3 is 2.81 bits per heavy atom. The molecule has 2 rings (SSSR count). The van der Waals surface area contributed by atoms with Crippen molar-refractivity contribution in [3.8, 4) is 0 Å². The summed E-state index contributed by atoms with van der Waals surface area (Å²) in [5, 5.41) is 4.02. The molecule has 0 atom stereocenters. The summed E-state index contributed by atoms with van der Waals surface area (Å²) in [5.74, 6) is 0.811. The van der Waals surface area contributed by atoms with Gasteiger partial charge in [-0.1, -0.05) is 30.0 Å². The van der Waals surface area contributed by atoms with E-state index in [-0.39, 0.29) is 5.54 Å². The largest absolute Gasteiger partial charge is 0.327 e. The Balaban J connectivity index is 1.96. The molecule has 0 spiro atoms. The van der Waals surface area contributed by atoms with E-state index in [2.05, 4.69) is 15.3 Å². The van der Waals surface area contributed by atoms with E-state index in [1.807, 2.05) is 32.0 Å². The second kappa shape index (κ2) is 4.51. The molecule has 0 saturated heterocycles. The highest BCUT2D eigenvalue weighted by atomic mass is 32.2. The van der Waals surface area contributed by atoms with Gasteiger partial charge in [0.25, 0.3) is 0 Å². The summed E-state index contributed by atoms with van der Waals surface area (Å²) in [7, 11) is 0. The Bertz CT molecular complexity index is 426. The first-order valence-corrected chi connectivity index (χ1v) is 6.41. The van der Waals surface area contributed by atoms with Crippen LogP contribution in [0.1, 0.15) is 19.5 Å². The van der Waals surface area contributed by atoms with Crippen molar-refractivity contribution in [1.29, 1.82) is 0 Å². The number of amidine groups is 1. The number of thiocarbonyl (C=S) groups is 1. The normalized spacial score (nSPS) is 18.1. The molecule has 0 aliphatic carbocycles. The Hall–Kier alpha value is -0.940. The van der Waals surface area contributed by atoms with Crippen molar-refractivity contribution < 1.29 is 0 Å². The lowest BCUT2D eigenvalue weighted by atomic mass is 10.1. The van der Waals surface area contributed by atoms with E-state index >= 15 is 0 Å². The summed E-state index contributed by atoms with van der Waals surface area (Å²) in [6.07, 6.45) is 1.80. The van der Waals surface area contributed by atoms with Gasteiger partial charge in [-0.05, 0) is 26.0 Å². The average molecular weight is 251 g/mol. The number of hydrogen-bond acceptors (Lipinski definition) is 4. The third-order valence-corrected chi connectivity index (χ3v) is 3.75. The van der Waals surface area contributed by atoms with Crippen LogP contribution in [0.3, 0.4) is 0 Å². The highest BCUT2D eigenvalue weighted by molar-refractivity contribution is 8.13. The minimum atomic E-state index is -0.262. The standard InChI is InChI=1S/C11H13N3S2/c1-11(2)9(15)13-10(14-11)16-7-8-5-3-4-6-12-8/h3-6H,7H2,1-2H3,(H,13,14,15). The molecule has 84 valence electrons. The quantitative estimate of drug-likeness (QED) is 0.819. The second-order valence-corrected chi connectivity index (χ2v) is 5.41. The Kier molecular flexibility index (Phi) is 3.25. The summed E-state index contributed by atoms with van der Waals surface area (Å²) >= 11 is 6.84. The van der Waals surface area contributed by atoms with Gasteiger partial charge in [0.2, 0.25) is 0 Å². The Labute approximate surface area is 105 Å². The zero-order valence-corrected chi connectivity index (χ0v) is 10.9. The average Bonchev–Trinajstić information content (AvgIpc) is 2.52. The molecule has 5 heteroatoms. The number of nitrogens with one attached hydrogen (secondary N) is 1. The van der Waals surface area contributed by atoms with E-state index in [1.54, 1.807) is 18.0 Å². The van der Waals surface area contributed by atoms with Crippen LogP contribution in [-0.4, -0.2) is 20.7 Å². The van der Waals surface area contributed by atoms with Crippen LogP contribution in [0.25, 0.3) is 0 Å². The second-order valence-electron chi connectivity index (χ2n) is 4.04. The van der Waals surface area contributed by atoms with Crippen LogP contribution in [0.5, 0.6) is 0 Å². The third-order valence-electron chi connectivity index (χ3n) is 2.24. The number of nitrogens with zero attached hydrogens (tertiary/aromatic N) is 2. The lowest BCUT2D eigenvalue weighted by Gasteiger charge is -2.10. The van der Waals surface area contributed by atoms with Crippen LogP contribution >= 0.6 is 24.0 Å². The fourth-order valence-corrected chi connectivity index (χ4v) is 2.41. The van der Waals surface area contributed by atoms with Gasteiger partial charge in [0.05, 0.1) is 5.69 Å². The monoisotopic (exact) mass is 251 g/mol. The van der Waals surface area contributed by atoms with E-state index in [4.69, 9.17) is 12.2 Å². The van der Waals surface area contributed by atoms with Crippen molar-refractivity contribution in [1.82, 2.24) is 10.3 Å². The van der Waals surface area contributed by atoms with Crippen LogP contribution in [0, 0.1) is 0 Å². The molecule has 1 aromatic heterocycles. The Morgan fingerprint density at radius 1 is 1.44 bits per heavy atom. The van der Waals surface area contributed by atoms with Crippen LogP contribution in [0.2, 0.25) is 0 Å². The zero-order chi connectivity index (χ0) is 11.6. The molecule has 16 heavy (non-hydrogen) atoms. The van der Waals surface area contributed by atoms with Crippen molar-refractivity contribution in [3.63, 3.8) is 0 Å². The van der Waals surface area contributed by atoms with E-state index in [0.29, 0.717) is 0 Å². The molecule has 0 unspecified atom stereocenters.